The Hall–Kier alpha value is -3.69. The minimum atomic E-state index is 0.980. The number of fused-ring (bicyclic) bond motifs is 2. The maximum Gasteiger partial charge on any atom is 0.0730 e. The first-order valence-electron chi connectivity index (χ1n) is 12.3. The number of nitrogens with one attached hydrogen (secondary N) is 1. The summed E-state index contributed by atoms with van der Waals surface area (Å²) >= 11 is 0. The molecule has 0 atom stereocenters. The molecule has 1 N–H and O–H groups in total. The van der Waals surface area contributed by atoms with Crippen molar-refractivity contribution in [3.63, 3.8) is 0 Å². The van der Waals surface area contributed by atoms with Gasteiger partial charge in [0.1, 0.15) is 0 Å². The van der Waals surface area contributed by atoms with Gasteiger partial charge in [-0.1, -0.05) is 73.2 Å². The van der Waals surface area contributed by atoms with Gasteiger partial charge in [0.2, 0.25) is 0 Å². The number of nitrogens with zero attached hydrogens (tertiary/aromatic N) is 2. The van der Waals surface area contributed by atoms with Gasteiger partial charge in [-0.25, -0.2) is 4.98 Å². The van der Waals surface area contributed by atoms with Crippen molar-refractivity contribution in [1.29, 1.82) is 0 Å². The Labute approximate surface area is 201 Å². The number of anilines is 2. The first kappa shape index (κ1) is 20.9. The van der Waals surface area contributed by atoms with Gasteiger partial charge in [0.05, 0.1) is 16.9 Å². The zero-order valence-electron chi connectivity index (χ0n) is 19.4. The van der Waals surface area contributed by atoms with Crippen LogP contribution in [0.15, 0.2) is 97.1 Å². The lowest BCUT2D eigenvalue weighted by Crippen LogP contribution is -2.29. The SMILES string of the molecule is c1ccc2cc(-c3cc(Nc4ccc(CN5CCCCC5)cc4)c4ccccc4n3)ccc2c1. The number of hydrogen-bond acceptors (Lipinski definition) is 3. The molecule has 0 unspecified atom stereocenters. The predicted molar refractivity (Wildman–Crippen MR) is 144 cm³/mol. The van der Waals surface area contributed by atoms with E-state index in [9.17, 15) is 0 Å². The molecule has 6 rings (SSSR count). The Kier molecular flexibility index (Phi) is 5.70. The van der Waals surface area contributed by atoms with Crippen LogP contribution in [0.5, 0.6) is 0 Å². The number of likely N-dealkylation sites (tertiary alicyclic amines) is 1. The minimum Gasteiger partial charge on any atom is -0.355 e. The van der Waals surface area contributed by atoms with Gasteiger partial charge < -0.3 is 5.32 Å². The van der Waals surface area contributed by atoms with Crippen molar-refractivity contribution in [2.75, 3.05) is 18.4 Å². The molecular formula is C31H29N3. The number of rotatable bonds is 5. The van der Waals surface area contributed by atoms with E-state index >= 15 is 0 Å². The highest BCUT2D eigenvalue weighted by molar-refractivity contribution is 5.96. The Morgan fingerprint density at radius 2 is 1.47 bits per heavy atom. The van der Waals surface area contributed by atoms with Gasteiger partial charge in [0, 0.05) is 23.2 Å². The molecule has 0 saturated carbocycles. The van der Waals surface area contributed by atoms with Crippen molar-refractivity contribution in [1.82, 2.24) is 9.88 Å². The van der Waals surface area contributed by atoms with E-state index in [2.05, 4.69) is 107 Å². The van der Waals surface area contributed by atoms with E-state index in [1.54, 1.807) is 0 Å². The molecule has 3 heteroatoms. The first-order valence-corrected chi connectivity index (χ1v) is 12.3. The van der Waals surface area contributed by atoms with Crippen LogP contribution in [0.1, 0.15) is 24.8 Å². The van der Waals surface area contributed by atoms with Gasteiger partial charge in [-0.3, -0.25) is 4.90 Å². The van der Waals surface area contributed by atoms with Crippen molar-refractivity contribution in [3.8, 4) is 11.3 Å². The number of aromatic nitrogens is 1. The molecule has 5 aromatic rings. The van der Waals surface area contributed by atoms with Crippen LogP contribution in [0.25, 0.3) is 32.9 Å². The molecule has 1 aliphatic rings. The summed E-state index contributed by atoms with van der Waals surface area (Å²) in [5, 5.41) is 7.28. The smallest absolute Gasteiger partial charge is 0.0730 e. The summed E-state index contributed by atoms with van der Waals surface area (Å²) in [4.78, 5) is 7.56. The third kappa shape index (κ3) is 4.40. The number of pyridine rings is 1. The summed E-state index contributed by atoms with van der Waals surface area (Å²) in [7, 11) is 0. The lowest BCUT2D eigenvalue weighted by atomic mass is 10.0. The molecule has 2 heterocycles. The Balaban J connectivity index is 1.31. The lowest BCUT2D eigenvalue weighted by Gasteiger charge is -2.26. The molecule has 1 fully saturated rings. The highest BCUT2D eigenvalue weighted by Gasteiger charge is 2.11. The Morgan fingerprint density at radius 3 is 2.32 bits per heavy atom. The molecule has 3 nitrogen and oxygen atoms in total. The van der Waals surface area contributed by atoms with Crippen molar-refractivity contribution < 1.29 is 0 Å². The second-order valence-corrected chi connectivity index (χ2v) is 9.29. The second kappa shape index (κ2) is 9.28. The number of piperidine rings is 1. The Bertz CT molecular complexity index is 1430. The summed E-state index contributed by atoms with van der Waals surface area (Å²) in [6.45, 7) is 3.49. The molecule has 168 valence electrons. The molecule has 1 saturated heterocycles. The number of benzene rings is 4. The molecule has 0 bridgehead atoms. The molecule has 0 amide bonds. The van der Waals surface area contributed by atoms with E-state index < -0.39 is 0 Å². The molecule has 0 aliphatic carbocycles. The largest absolute Gasteiger partial charge is 0.355 e. The van der Waals surface area contributed by atoms with Gasteiger partial charge >= 0.3 is 0 Å². The normalized spacial score (nSPS) is 14.5. The summed E-state index contributed by atoms with van der Waals surface area (Å²) in [5.41, 5.74) is 6.67. The van der Waals surface area contributed by atoms with Crippen LogP contribution in [-0.2, 0) is 6.54 Å². The van der Waals surface area contributed by atoms with E-state index in [1.807, 2.05) is 0 Å². The molecule has 1 aromatic heterocycles. The zero-order chi connectivity index (χ0) is 22.7. The van der Waals surface area contributed by atoms with Crippen LogP contribution in [0.3, 0.4) is 0 Å². The quantitative estimate of drug-likeness (QED) is 0.300. The first-order chi connectivity index (χ1) is 16.8. The monoisotopic (exact) mass is 443 g/mol. The van der Waals surface area contributed by atoms with Crippen LogP contribution in [0.4, 0.5) is 11.4 Å². The van der Waals surface area contributed by atoms with Gasteiger partial charge in [-0.15, -0.1) is 0 Å². The van der Waals surface area contributed by atoms with Crippen LogP contribution in [0, 0.1) is 0 Å². The van der Waals surface area contributed by atoms with E-state index in [0.717, 1.165) is 40.1 Å². The second-order valence-electron chi connectivity index (χ2n) is 9.29. The zero-order valence-corrected chi connectivity index (χ0v) is 19.4. The summed E-state index contributed by atoms with van der Waals surface area (Å²) in [5.74, 6) is 0. The average molecular weight is 444 g/mol. The number of hydrogen-bond donors (Lipinski definition) is 1. The predicted octanol–water partition coefficient (Wildman–Crippen LogP) is 7.78. The van der Waals surface area contributed by atoms with E-state index in [-0.39, 0.29) is 0 Å². The maximum atomic E-state index is 4.99. The van der Waals surface area contributed by atoms with Gasteiger partial charge in [-0.05, 0) is 72.6 Å². The fourth-order valence-electron chi connectivity index (χ4n) is 5.00. The molecule has 0 radical (unpaired) electrons. The van der Waals surface area contributed by atoms with Gasteiger partial charge in [0.15, 0.2) is 0 Å². The van der Waals surface area contributed by atoms with Crippen molar-refractivity contribution in [2.24, 2.45) is 0 Å². The standard InChI is InChI=1S/C31H29N3/c1-6-18-34(19-7-1)22-23-12-16-27(17-13-23)32-31-21-30(33-29-11-5-4-10-28(29)31)26-15-14-24-8-2-3-9-25(24)20-26/h2-5,8-17,20-21H,1,6-7,18-19,22H2,(H,32,33). The molecule has 34 heavy (non-hydrogen) atoms. The number of para-hydroxylation sites is 1. The molecule has 0 spiro atoms. The van der Waals surface area contributed by atoms with Crippen LogP contribution in [0.2, 0.25) is 0 Å². The summed E-state index contributed by atoms with van der Waals surface area (Å²) < 4.78 is 0. The third-order valence-corrected chi connectivity index (χ3v) is 6.85. The minimum absolute atomic E-state index is 0.980. The van der Waals surface area contributed by atoms with Crippen LogP contribution >= 0.6 is 0 Å². The van der Waals surface area contributed by atoms with Gasteiger partial charge in [-0.2, -0.15) is 0 Å². The van der Waals surface area contributed by atoms with E-state index in [0.29, 0.717) is 0 Å². The van der Waals surface area contributed by atoms with Crippen molar-refractivity contribution >= 4 is 33.1 Å². The highest BCUT2D eigenvalue weighted by Crippen LogP contribution is 2.32. The third-order valence-electron chi connectivity index (χ3n) is 6.85. The van der Waals surface area contributed by atoms with E-state index in [4.69, 9.17) is 4.98 Å². The fourth-order valence-corrected chi connectivity index (χ4v) is 5.00. The molecule has 4 aromatic carbocycles. The highest BCUT2D eigenvalue weighted by atomic mass is 15.1. The fraction of sp³-hybridized carbons (Fsp3) is 0.194. The Morgan fingerprint density at radius 1 is 0.706 bits per heavy atom. The van der Waals surface area contributed by atoms with Crippen molar-refractivity contribution in [3.05, 3.63) is 103 Å². The van der Waals surface area contributed by atoms with Gasteiger partial charge in [0.25, 0.3) is 0 Å². The molecular weight excluding hydrogens is 414 g/mol. The molecule has 1 aliphatic heterocycles. The topological polar surface area (TPSA) is 28.2 Å². The maximum absolute atomic E-state index is 4.99. The summed E-state index contributed by atoms with van der Waals surface area (Å²) in [6.07, 6.45) is 4.03. The average Bonchev–Trinajstić information content (AvgIpc) is 2.90. The summed E-state index contributed by atoms with van der Waals surface area (Å²) in [6, 6.07) is 34.5. The van der Waals surface area contributed by atoms with Crippen LogP contribution < -0.4 is 5.32 Å². The van der Waals surface area contributed by atoms with E-state index in [1.165, 1.54) is 48.7 Å². The lowest BCUT2D eigenvalue weighted by molar-refractivity contribution is 0.221. The van der Waals surface area contributed by atoms with Crippen LogP contribution in [-0.4, -0.2) is 23.0 Å². The van der Waals surface area contributed by atoms with Crippen molar-refractivity contribution in [2.45, 2.75) is 25.8 Å².